The Morgan fingerprint density at radius 2 is 2.00 bits per heavy atom. The summed E-state index contributed by atoms with van der Waals surface area (Å²) in [6.45, 7) is 1.60. The Bertz CT molecular complexity index is 515. The summed E-state index contributed by atoms with van der Waals surface area (Å²) in [7, 11) is 0. The Morgan fingerprint density at radius 1 is 1.37 bits per heavy atom. The monoisotopic (exact) mass is 263 g/mol. The highest BCUT2D eigenvalue weighted by atomic mass is 16.4. The second-order valence-corrected chi connectivity index (χ2v) is 4.59. The molecule has 19 heavy (non-hydrogen) atoms. The number of nitrogens with zero attached hydrogens (tertiary/aromatic N) is 2. The van der Waals surface area contributed by atoms with Gasteiger partial charge in [0, 0.05) is 19.1 Å². The van der Waals surface area contributed by atoms with Crippen LogP contribution in [-0.2, 0) is 20.9 Å². The molecule has 6 heteroatoms. The third-order valence-electron chi connectivity index (χ3n) is 3.24. The molecule has 2 atom stereocenters. The standard InChI is InChI=1S/C13H14N2O4/c1-9(16)15-11(13(18)19)7-10(12(15)17)8-14-5-3-2-4-6-14/h2-6,10-11H,7-8H2,1H3/p+1. The van der Waals surface area contributed by atoms with E-state index in [0.717, 1.165) is 4.90 Å². The number of carboxylic acid groups (broad SMARTS) is 1. The molecule has 2 amide bonds. The number of carbonyl (C=O) groups excluding carboxylic acids is 2. The van der Waals surface area contributed by atoms with Gasteiger partial charge in [0.05, 0.1) is 0 Å². The molecule has 6 nitrogen and oxygen atoms in total. The van der Waals surface area contributed by atoms with Crippen molar-refractivity contribution in [3.63, 3.8) is 0 Å². The third-order valence-corrected chi connectivity index (χ3v) is 3.24. The van der Waals surface area contributed by atoms with E-state index >= 15 is 0 Å². The van der Waals surface area contributed by atoms with Gasteiger partial charge in [-0.3, -0.25) is 14.5 Å². The van der Waals surface area contributed by atoms with E-state index in [4.69, 9.17) is 5.11 Å². The van der Waals surface area contributed by atoms with Gasteiger partial charge in [-0.15, -0.1) is 0 Å². The fourth-order valence-corrected chi connectivity index (χ4v) is 2.38. The first kappa shape index (κ1) is 13.2. The highest BCUT2D eigenvalue weighted by Crippen LogP contribution is 2.25. The average molecular weight is 263 g/mol. The van der Waals surface area contributed by atoms with E-state index in [1.165, 1.54) is 6.92 Å². The Morgan fingerprint density at radius 3 is 2.47 bits per heavy atom. The maximum Gasteiger partial charge on any atom is 0.326 e. The predicted molar refractivity (Wildman–Crippen MR) is 63.7 cm³/mol. The lowest BCUT2D eigenvalue weighted by molar-refractivity contribution is -0.701. The summed E-state index contributed by atoms with van der Waals surface area (Å²) in [4.78, 5) is 35.5. The number of aromatic nitrogens is 1. The van der Waals surface area contributed by atoms with E-state index in [0.29, 0.717) is 6.54 Å². The molecule has 100 valence electrons. The summed E-state index contributed by atoms with van der Waals surface area (Å²) in [6, 6.07) is 4.47. The maximum atomic E-state index is 12.1. The molecule has 2 unspecified atom stereocenters. The predicted octanol–water partition coefficient (Wildman–Crippen LogP) is -0.178. The van der Waals surface area contributed by atoms with Crippen molar-refractivity contribution in [2.24, 2.45) is 5.92 Å². The van der Waals surface area contributed by atoms with Gasteiger partial charge in [-0.05, 0) is 6.42 Å². The van der Waals surface area contributed by atoms with Crippen molar-refractivity contribution >= 4 is 17.8 Å². The van der Waals surface area contributed by atoms with E-state index in [1.807, 2.05) is 22.8 Å². The second-order valence-electron chi connectivity index (χ2n) is 4.59. The summed E-state index contributed by atoms with van der Waals surface area (Å²) in [6.07, 6.45) is 3.77. The number of carbonyl (C=O) groups is 3. The van der Waals surface area contributed by atoms with E-state index < -0.39 is 29.7 Å². The Hall–Kier alpha value is -2.24. The van der Waals surface area contributed by atoms with Crippen molar-refractivity contribution in [1.29, 1.82) is 0 Å². The number of pyridine rings is 1. The molecular formula is C13H15N2O4+. The molecule has 2 rings (SSSR count). The number of likely N-dealkylation sites (tertiary alicyclic amines) is 1. The first-order chi connectivity index (χ1) is 9.00. The van der Waals surface area contributed by atoms with Gasteiger partial charge in [0.2, 0.25) is 11.8 Å². The van der Waals surface area contributed by atoms with E-state index in [1.54, 1.807) is 12.4 Å². The minimum Gasteiger partial charge on any atom is -0.480 e. The molecule has 1 N–H and O–H groups in total. The van der Waals surface area contributed by atoms with E-state index in [2.05, 4.69) is 0 Å². The van der Waals surface area contributed by atoms with Crippen molar-refractivity contribution in [3.05, 3.63) is 30.6 Å². The lowest BCUT2D eigenvalue weighted by Gasteiger charge is -2.16. The lowest BCUT2D eigenvalue weighted by atomic mass is 10.1. The molecule has 0 aliphatic carbocycles. The zero-order chi connectivity index (χ0) is 14.0. The number of carboxylic acids is 1. The van der Waals surface area contributed by atoms with Crippen molar-refractivity contribution in [1.82, 2.24) is 4.90 Å². The van der Waals surface area contributed by atoms with Crippen LogP contribution in [0.5, 0.6) is 0 Å². The fourth-order valence-electron chi connectivity index (χ4n) is 2.38. The van der Waals surface area contributed by atoms with Gasteiger partial charge in [-0.2, -0.15) is 0 Å². The van der Waals surface area contributed by atoms with Crippen LogP contribution < -0.4 is 4.57 Å². The number of amides is 2. The van der Waals surface area contributed by atoms with Crippen LogP contribution in [0.4, 0.5) is 0 Å². The van der Waals surface area contributed by atoms with Crippen LogP contribution in [-0.4, -0.2) is 33.8 Å². The molecule has 1 saturated heterocycles. The number of hydrogen-bond donors (Lipinski definition) is 1. The summed E-state index contributed by atoms with van der Waals surface area (Å²) in [5.41, 5.74) is 0. The third kappa shape index (κ3) is 2.62. The molecule has 2 heterocycles. The van der Waals surface area contributed by atoms with Gasteiger partial charge in [-0.25, -0.2) is 9.36 Å². The number of imide groups is 1. The first-order valence-electron chi connectivity index (χ1n) is 6.01. The van der Waals surface area contributed by atoms with Gasteiger partial charge in [-0.1, -0.05) is 6.07 Å². The van der Waals surface area contributed by atoms with Gasteiger partial charge in [0.1, 0.15) is 12.0 Å². The van der Waals surface area contributed by atoms with E-state index in [9.17, 15) is 14.4 Å². The van der Waals surface area contributed by atoms with Crippen molar-refractivity contribution in [2.45, 2.75) is 25.9 Å². The summed E-state index contributed by atoms with van der Waals surface area (Å²) >= 11 is 0. The SMILES string of the molecule is CC(=O)N1C(=O)C(C[n+]2ccccc2)CC1C(=O)O. The summed E-state index contributed by atoms with van der Waals surface area (Å²) in [5, 5.41) is 9.08. The molecule has 0 saturated carbocycles. The molecule has 1 aliphatic heterocycles. The molecule has 1 aromatic heterocycles. The summed E-state index contributed by atoms with van der Waals surface area (Å²) in [5.74, 6) is -2.53. The minimum atomic E-state index is -1.14. The number of rotatable bonds is 3. The molecule has 0 spiro atoms. The fraction of sp³-hybridized carbons (Fsp3) is 0.385. The van der Waals surface area contributed by atoms with Crippen LogP contribution in [0, 0.1) is 5.92 Å². The molecule has 1 aromatic rings. The normalized spacial score (nSPS) is 22.6. The van der Waals surface area contributed by atoms with Crippen LogP contribution in [0.3, 0.4) is 0 Å². The number of hydrogen-bond acceptors (Lipinski definition) is 3. The lowest BCUT2D eigenvalue weighted by Crippen LogP contribution is -2.43. The molecular weight excluding hydrogens is 248 g/mol. The smallest absolute Gasteiger partial charge is 0.326 e. The Balaban J connectivity index is 2.18. The number of aliphatic carboxylic acids is 1. The minimum absolute atomic E-state index is 0.162. The van der Waals surface area contributed by atoms with Gasteiger partial charge >= 0.3 is 5.97 Å². The second kappa shape index (κ2) is 5.17. The molecule has 0 bridgehead atoms. The quantitative estimate of drug-likeness (QED) is 0.767. The zero-order valence-corrected chi connectivity index (χ0v) is 10.5. The van der Waals surface area contributed by atoms with Crippen LogP contribution in [0.25, 0.3) is 0 Å². The van der Waals surface area contributed by atoms with Crippen molar-refractivity contribution in [3.8, 4) is 0 Å². The van der Waals surface area contributed by atoms with Gasteiger partial charge < -0.3 is 5.11 Å². The molecule has 1 aliphatic rings. The van der Waals surface area contributed by atoms with Crippen LogP contribution in [0.1, 0.15) is 13.3 Å². The Kier molecular flexibility index (Phi) is 3.59. The van der Waals surface area contributed by atoms with E-state index in [-0.39, 0.29) is 6.42 Å². The molecule has 0 aromatic carbocycles. The van der Waals surface area contributed by atoms with Crippen LogP contribution in [0.2, 0.25) is 0 Å². The van der Waals surface area contributed by atoms with Gasteiger partial charge in [0.15, 0.2) is 18.9 Å². The maximum absolute atomic E-state index is 12.1. The van der Waals surface area contributed by atoms with Crippen LogP contribution in [0.15, 0.2) is 30.6 Å². The van der Waals surface area contributed by atoms with Gasteiger partial charge in [0.25, 0.3) is 0 Å². The van der Waals surface area contributed by atoms with Crippen molar-refractivity contribution < 1.29 is 24.1 Å². The van der Waals surface area contributed by atoms with Crippen LogP contribution >= 0.6 is 0 Å². The van der Waals surface area contributed by atoms with Crippen molar-refractivity contribution in [2.75, 3.05) is 0 Å². The first-order valence-corrected chi connectivity index (χ1v) is 6.01. The highest BCUT2D eigenvalue weighted by molar-refractivity contribution is 6.01. The molecule has 1 fully saturated rings. The zero-order valence-electron chi connectivity index (χ0n) is 10.5. The summed E-state index contributed by atoms with van der Waals surface area (Å²) < 4.78 is 1.81. The molecule has 0 radical (unpaired) electrons. The highest BCUT2D eigenvalue weighted by Gasteiger charge is 2.46. The average Bonchev–Trinajstić information content (AvgIpc) is 2.68. The largest absolute Gasteiger partial charge is 0.480 e. The topological polar surface area (TPSA) is 78.6 Å². The Labute approximate surface area is 110 Å².